The SMILES string of the molecule is CCCN1CCN(c2ccc(Nc3ncc(C(=O)Nc4c(C)cccc4C)c(Oc4ccc(CCN(CC)CC)cc4Cl)n3)cc2)CC1. The zero-order valence-electron chi connectivity index (χ0n) is 28.9. The molecule has 9 nitrogen and oxygen atoms in total. The van der Waals surface area contributed by atoms with Crippen LogP contribution in [-0.4, -0.2) is 78.0 Å². The highest BCUT2D eigenvalue weighted by Gasteiger charge is 2.21. The Morgan fingerprint density at radius 2 is 1.67 bits per heavy atom. The van der Waals surface area contributed by atoms with E-state index in [0.717, 1.165) is 86.8 Å². The molecule has 1 fully saturated rings. The average molecular weight is 670 g/mol. The fourth-order valence-corrected chi connectivity index (χ4v) is 6.24. The molecule has 48 heavy (non-hydrogen) atoms. The highest BCUT2D eigenvalue weighted by molar-refractivity contribution is 6.32. The Kier molecular flexibility index (Phi) is 12.3. The number of hydrogen-bond acceptors (Lipinski definition) is 8. The van der Waals surface area contributed by atoms with Crippen molar-refractivity contribution in [2.75, 3.05) is 67.9 Å². The molecule has 0 unspecified atom stereocenters. The van der Waals surface area contributed by atoms with E-state index in [9.17, 15) is 4.79 Å². The van der Waals surface area contributed by atoms with Crippen molar-refractivity contribution in [2.45, 2.75) is 47.5 Å². The van der Waals surface area contributed by atoms with Crippen LogP contribution in [0, 0.1) is 13.8 Å². The molecule has 1 aliphatic heterocycles. The quantitative estimate of drug-likeness (QED) is 0.140. The van der Waals surface area contributed by atoms with E-state index in [2.05, 4.69) is 68.2 Å². The van der Waals surface area contributed by atoms with Gasteiger partial charge in [0.25, 0.3) is 5.91 Å². The Balaban J connectivity index is 1.36. The standard InChI is InChI=1S/C38H48ClN7O2/c1-6-19-45-21-23-46(24-22-45)31-15-13-30(14-16-31)41-38-40-26-32(36(47)42-35-27(4)10-9-11-28(35)5)37(43-38)48-34-17-12-29(25-33(34)39)18-20-44(7-2)8-3/h9-17,25-26H,6-8,18-24H2,1-5H3,(H,42,47)(H,40,41,43). The van der Waals surface area contributed by atoms with Crippen LogP contribution in [0.1, 0.15) is 54.2 Å². The van der Waals surface area contributed by atoms with Crippen LogP contribution in [0.3, 0.4) is 0 Å². The Hall–Kier alpha value is -4.18. The maximum absolute atomic E-state index is 13.7. The van der Waals surface area contributed by atoms with Crippen molar-refractivity contribution in [1.82, 2.24) is 19.8 Å². The molecule has 4 aromatic rings. The summed E-state index contributed by atoms with van der Waals surface area (Å²) in [5.41, 5.74) is 6.00. The van der Waals surface area contributed by atoms with Gasteiger partial charge in [0.1, 0.15) is 11.3 Å². The van der Waals surface area contributed by atoms with E-state index in [-0.39, 0.29) is 17.4 Å². The number of nitrogens with zero attached hydrogens (tertiary/aromatic N) is 5. The molecule has 1 aromatic heterocycles. The van der Waals surface area contributed by atoms with Crippen molar-refractivity contribution in [3.8, 4) is 11.6 Å². The van der Waals surface area contributed by atoms with Gasteiger partial charge in [-0.05, 0) is 99.4 Å². The van der Waals surface area contributed by atoms with Crippen LogP contribution in [-0.2, 0) is 6.42 Å². The van der Waals surface area contributed by atoms with E-state index in [1.54, 1.807) is 0 Å². The third-order valence-electron chi connectivity index (χ3n) is 8.93. The second-order valence-corrected chi connectivity index (χ2v) is 12.7. The first-order chi connectivity index (χ1) is 23.3. The molecule has 0 saturated carbocycles. The molecule has 0 bridgehead atoms. The van der Waals surface area contributed by atoms with Crippen LogP contribution in [0.25, 0.3) is 0 Å². The van der Waals surface area contributed by atoms with Gasteiger partial charge in [0.2, 0.25) is 11.8 Å². The summed E-state index contributed by atoms with van der Waals surface area (Å²) >= 11 is 6.73. The van der Waals surface area contributed by atoms with Gasteiger partial charge in [-0.25, -0.2) is 4.98 Å². The molecule has 1 amide bonds. The number of carbonyl (C=O) groups excluding carboxylic acids is 1. The third kappa shape index (κ3) is 9.04. The van der Waals surface area contributed by atoms with Crippen LogP contribution in [0.4, 0.5) is 23.0 Å². The van der Waals surface area contributed by atoms with Gasteiger partial charge in [-0.3, -0.25) is 9.69 Å². The minimum atomic E-state index is -0.371. The number of carbonyl (C=O) groups is 1. The molecule has 1 aliphatic rings. The van der Waals surface area contributed by atoms with Gasteiger partial charge in [0.05, 0.1) is 5.02 Å². The predicted molar refractivity (Wildman–Crippen MR) is 198 cm³/mol. The molecular weight excluding hydrogens is 622 g/mol. The maximum atomic E-state index is 13.7. The van der Waals surface area contributed by atoms with Gasteiger partial charge in [0.15, 0.2) is 0 Å². The van der Waals surface area contributed by atoms with E-state index in [4.69, 9.17) is 16.3 Å². The Labute approximate surface area is 290 Å². The lowest BCUT2D eigenvalue weighted by molar-refractivity contribution is 0.102. The van der Waals surface area contributed by atoms with Gasteiger partial charge in [-0.1, -0.05) is 56.6 Å². The van der Waals surface area contributed by atoms with E-state index >= 15 is 0 Å². The Morgan fingerprint density at radius 3 is 2.31 bits per heavy atom. The van der Waals surface area contributed by atoms with Crippen molar-refractivity contribution in [1.29, 1.82) is 0 Å². The van der Waals surface area contributed by atoms with Crippen LogP contribution in [0.2, 0.25) is 5.02 Å². The first kappa shape index (κ1) is 35.1. The molecule has 3 aromatic carbocycles. The molecule has 0 spiro atoms. The number of likely N-dealkylation sites (N-methyl/N-ethyl adjacent to an activating group) is 1. The second kappa shape index (κ2) is 16.8. The maximum Gasteiger partial charge on any atom is 0.262 e. The summed E-state index contributed by atoms with van der Waals surface area (Å²) in [6, 6.07) is 19.9. The van der Waals surface area contributed by atoms with Crippen LogP contribution >= 0.6 is 11.6 Å². The molecule has 0 radical (unpaired) electrons. The smallest absolute Gasteiger partial charge is 0.262 e. The lowest BCUT2D eigenvalue weighted by Crippen LogP contribution is -2.46. The normalized spacial score (nSPS) is 13.5. The molecule has 0 aliphatic carbocycles. The molecule has 10 heteroatoms. The summed E-state index contributed by atoms with van der Waals surface area (Å²) in [7, 11) is 0. The number of ether oxygens (including phenoxy) is 1. The zero-order chi connectivity index (χ0) is 34.0. The molecule has 254 valence electrons. The number of nitrogens with one attached hydrogen (secondary N) is 2. The van der Waals surface area contributed by atoms with Crippen molar-refractivity contribution < 1.29 is 9.53 Å². The van der Waals surface area contributed by atoms with Crippen molar-refractivity contribution in [3.63, 3.8) is 0 Å². The minimum Gasteiger partial charge on any atom is -0.436 e. The average Bonchev–Trinajstić information content (AvgIpc) is 3.09. The molecule has 1 saturated heterocycles. The number of benzene rings is 3. The molecule has 2 N–H and O–H groups in total. The number of anilines is 4. The van der Waals surface area contributed by atoms with E-state index < -0.39 is 0 Å². The van der Waals surface area contributed by atoms with Gasteiger partial charge in [0, 0.05) is 56.0 Å². The van der Waals surface area contributed by atoms with E-state index in [0.29, 0.717) is 16.7 Å². The largest absolute Gasteiger partial charge is 0.436 e. The lowest BCUT2D eigenvalue weighted by Gasteiger charge is -2.36. The van der Waals surface area contributed by atoms with E-state index in [1.807, 2.05) is 62.4 Å². The Bertz CT molecular complexity index is 1650. The monoisotopic (exact) mass is 669 g/mol. The van der Waals surface area contributed by atoms with Crippen LogP contribution in [0.5, 0.6) is 11.6 Å². The van der Waals surface area contributed by atoms with Crippen molar-refractivity contribution in [2.24, 2.45) is 0 Å². The number of aryl methyl sites for hydroxylation is 2. The van der Waals surface area contributed by atoms with Crippen LogP contribution < -0.4 is 20.3 Å². The molecule has 5 rings (SSSR count). The predicted octanol–water partition coefficient (Wildman–Crippen LogP) is 7.95. The summed E-state index contributed by atoms with van der Waals surface area (Å²) in [6.45, 7) is 18.8. The number of piperazine rings is 1. The van der Waals surface area contributed by atoms with Crippen molar-refractivity contribution >= 4 is 40.5 Å². The number of rotatable bonds is 14. The van der Waals surface area contributed by atoms with Gasteiger partial charge >= 0.3 is 0 Å². The first-order valence-electron chi connectivity index (χ1n) is 17.1. The lowest BCUT2D eigenvalue weighted by atomic mass is 10.1. The zero-order valence-corrected chi connectivity index (χ0v) is 29.6. The summed E-state index contributed by atoms with van der Waals surface area (Å²) < 4.78 is 6.28. The van der Waals surface area contributed by atoms with Gasteiger partial charge < -0.3 is 25.2 Å². The van der Waals surface area contributed by atoms with Gasteiger partial charge in [-0.15, -0.1) is 0 Å². The fraction of sp³-hybridized carbons (Fsp3) is 0.395. The van der Waals surface area contributed by atoms with E-state index in [1.165, 1.54) is 18.3 Å². The second-order valence-electron chi connectivity index (χ2n) is 12.3. The molecule has 0 atom stereocenters. The minimum absolute atomic E-state index is 0.107. The number of amides is 1. The number of aromatic nitrogens is 2. The molecular formula is C38H48ClN7O2. The number of hydrogen-bond donors (Lipinski definition) is 2. The fourth-order valence-electron chi connectivity index (χ4n) is 6.00. The highest BCUT2D eigenvalue weighted by atomic mass is 35.5. The Morgan fingerprint density at radius 1 is 0.958 bits per heavy atom. The summed E-state index contributed by atoms with van der Waals surface area (Å²) in [4.78, 5) is 30.1. The first-order valence-corrected chi connectivity index (χ1v) is 17.4. The topological polar surface area (TPSA) is 85.9 Å². The number of halogens is 1. The van der Waals surface area contributed by atoms with Crippen LogP contribution in [0.15, 0.2) is 66.9 Å². The van der Waals surface area contributed by atoms with Gasteiger partial charge in [-0.2, -0.15) is 4.98 Å². The number of para-hydroxylation sites is 1. The highest BCUT2D eigenvalue weighted by Crippen LogP contribution is 2.33. The summed E-state index contributed by atoms with van der Waals surface area (Å²) in [5, 5.41) is 6.77. The van der Waals surface area contributed by atoms with Crippen molar-refractivity contribution in [3.05, 3.63) is 94.1 Å². The summed E-state index contributed by atoms with van der Waals surface area (Å²) in [6.07, 6.45) is 3.55. The summed E-state index contributed by atoms with van der Waals surface area (Å²) in [5.74, 6) is 0.457. The molecule has 2 heterocycles. The third-order valence-corrected chi connectivity index (χ3v) is 9.23.